The molecule has 1 aromatic rings. The van der Waals surface area contributed by atoms with E-state index in [1.54, 1.807) is 80.5 Å². The number of nitrogens with one attached hydrogen (secondary N) is 2. The van der Waals surface area contributed by atoms with Gasteiger partial charge in [0, 0.05) is 70.4 Å². The largest absolute Gasteiger partial charge is 0.461 e. The Hall–Kier alpha value is -4.17. The molecule has 24 nitrogen and oxygen atoms in total. The first kappa shape index (κ1) is 76.5. The van der Waals surface area contributed by atoms with Gasteiger partial charge in [-0.3, -0.25) is 14.4 Å². The van der Waals surface area contributed by atoms with Gasteiger partial charge in [-0.2, -0.15) is 13.2 Å². The number of ether oxygens (including phenoxy) is 11. The smallest absolute Gasteiger partial charge is 0.425 e. The van der Waals surface area contributed by atoms with Gasteiger partial charge in [-0.15, -0.1) is 0 Å². The summed E-state index contributed by atoms with van der Waals surface area (Å²) >= 11 is 0. The molecule has 0 aliphatic carbocycles. The molecule has 1 aromatic carbocycles. The minimum absolute atomic E-state index is 0.0278. The van der Waals surface area contributed by atoms with Crippen LogP contribution < -0.4 is 10.0 Å². The number of hydrogen-bond acceptors (Lipinski definition) is 22. The maximum Gasteiger partial charge on any atom is 0.425 e. The normalized spacial score (nSPS) is 36.7. The van der Waals surface area contributed by atoms with E-state index in [2.05, 4.69) is 24.9 Å². The number of aliphatic hydroxyl groups is 2. The molecule has 2 unspecified atom stereocenters. The van der Waals surface area contributed by atoms with Gasteiger partial charge in [-0.25, -0.2) is 17.9 Å². The maximum absolute atomic E-state index is 16.1. The number of sulfonamides is 1. The topological polar surface area (TPSA) is 293 Å². The lowest BCUT2D eigenvalue weighted by molar-refractivity contribution is -0.305. The molecule has 0 aromatic heterocycles. The molecule has 4 fully saturated rings. The average molecular weight is 1310 g/mol. The van der Waals surface area contributed by atoms with Gasteiger partial charge in [0.25, 0.3) is 0 Å². The van der Waals surface area contributed by atoms with E-state index in [-0.39, 0.29) is 54.7 Å². The number of carbonyl (C=O) groups excluding carboxylic acids is 4. The van der Waals surface area contributed by atoms with Crippen LogP contribution in [0.1, 0.15) is 130 Å². The molecule has 4 heterocycles. The van der Waals surface area contributed by atoms with Gasteiger partial charge in [-0.05, 0) is 92.8 Å². The summed E-state index contributed by atoms with van der Waals surface area (Å²) in [6, 6.07) is 7.47. The molecule has 4 N–H and O–H groups in total. The summed E-state index contributed by atoms with van der Waals surface area (Å²) in [5.74, 6) is -9.02. The van der Waals surface area contributed by atoms with Crippen LogP contribution in [0, 0.1) is 41.4 Å². The number of alkyl halides is 3. The fourth-order valence-electron chi connectivity index (χ4n) is 12.3. The van der Waals surface area contributed by atoms with E-state index < -0.39 is 180 Å². The number of ketones is 1. The number of amides is 1. The lowest BCUT2D eigenvalue weighted by Crippen LogP contribution is -2.59. The van der Waals surface area contributed by atoms with Crippen LogP contribution in [0.4, 0.5) is 18.0 Å². The number of benzene rings is 1. The minimum atomic E-state index is -4.76. The van der Waals surface area contributed by atoms with E-state index in [0.717, 1.165) is 0 Å². The molecular weight excluding hydrogens is 1210 g/mol. The second kappa shape index (κ2) is 32.8. The van der Waals surface area contributed by atoms with Crippen LogP contribution in [0.5, 0.6) is 0 Å². The highest BCUT2D eigenvalue weighted by molar-refractivity contribution is 7.89. The van der Waals surface area contributed by atoms with Crippen molar-refractivity contribution in [3.63, 3.8) is 0 Å². The quantitative estimate of drug-likeness (QED) is 0.0566. The highest BCUT2D eigenvalue weighted by Gasteiger charge is 2.53. The molecule has 4 aliphatic heterocycles. The molecule has 0 saturated carbocycles. The van der Waals surface area contributed by atoms with Gasteiger partial charge in [0.05, 0.1) is 65.1 Å². The monoisotopic (exact) mass is 1310 g/mol. The predicted octanol–water partition coefficient (Wildman–Crippen LogP) is 6.70. The Morgan fingerprint density at radius 2 is 1.49 bits per heavy atom. The third-order valence-corrected chi connectivity index (χ3v) is 18.7. The summed E-state index contributed by atoms with van der Waals surface area (Å²) in [5.41, 5.74) is -3.85. The first-order valence-electron chi connectivity index (χ1n) is 31.1. The molecule has 1 amide bonds. The second-order valence-corrected chi connectivity index (χ2v) is 28.3. The molecule has 90 heavy (non-hydrogen) atoms. The summed E-state index contributed by atoms with van der Waals surface area (Å²) in [4.78, 5) is 67.1. The number of rotatable bonds is 21. The SMILES string of the molecule is CO[C@@H]1[C@H](O)[C@@H](C)O[C@@H](OCC(C)[C@H]2OC(=O)[C@H](C)[C@@H](O[C@H]3CC(C)N(C)C[C@H](C)O3)[C@H](C)[C@@H](O[C@@H]3O[C@H](C)C/C(=N\OCC(F)(F)F)[C@H]3O)[C@@H](C)C[C@](C)(OC(=O)NC(C)(C)CNS(=O)(=O)c3ccccc3)C(=O)[C@H](C)[C@H](OC(=O)CC(C)C)[C@H]2C)[C@@H]1OC. The molecule has 28 heteroatoms. The van der Waals surface area contributed by atoms with Crippen molar-refractivity contribution in [3.05, 3.63) is 30.3 Å². The van der Waals surface area contributed by atoms with Crippen molar-refractivity contribution in [1.29, 1.82) is 0 Å². The fourth-order valence-corrected chi connectivity index (χ4v) is 13.6. The molecule has 22 atom stereocenters. The summed E-state index contributed by atoms with van der Waals surface area (Å²) in [5, 5.41) is 29.2. The average Bonchev–Trinajstić information content (AvgIpc) is 0.933. The summed E-state index contributed by atoms with van der Waals surface area (Å²) in [6.45, 7) is 23.2. The summed E-state index contributed by atoms with van der Waals surface area (Å²) in [6.07, 6.45) is -22.0. The maximum atomic E-state index is 16.1. The molecule has 516 valence electrons. The predicted molar refractivity (Wildman–Crippen MR) is 321 cm³/mol. The number of cyclic esters (lactones) is 1. The first-order valence-corrected chi connectivity index (χ1v) is 32.6. The van der Waals surface area contributed by atoms with Crippen LogP contribution in [0.25, 0.3) is 0 Å². The Labute approximate surface area is 528 Å². The number of hydrogen-bond donors (Lipinski definition) is 4. The van der Waals surface area contributed by atoms with Crippen molar-refractivity contribution < 1.29 is 108 Å². The number of methoxy groups -OCH3 is 2. The Balaban J connectivity index is 1.72. The molecule has 4 aliphatic rings. The van der Waals surface area contributed by atoms with Crippen LogP contribution in [0.15, 0.2) is 40.4 Å². The highest BCUT2D eigenvalue weighted by Crippen LogP contribution is 2.41. The lowest BCUT2D eigenvalue weighted by atomic mass is 9.74. The van der Waals surface area contributed by atoms with Crippen molar-refractivity contribution in [2.75, 3.05) is 47.6 Å². The highest BCUT2D eigenvalue weighted by atomic mass is 32.2. The number of aliphatic hydroxyl groups excluding tert-OH is 2. The third kappa shape index (κ3) is 20.9. The fraction of sp³-hybridized carbons (Fsp3) is 0.823. The van der Waals surface area contributed by atoms with Crippen LogP contribution in [-0.4, -0.2) is 210 Å². The van der Waals surface area contributed by atoms with Crippen molar-refractivity contribution in [2.24, 2.45) is 46.6 Å². The van der Waals surface area contributed by atoms with Gasteiger partial charge < -0.3 is 77.4 Å². The van der Waals surface area contributed by atoms with Crippen molar-refractivity contribution >= 4 is 39.6 Å². The molecule has 0 radical (unpaired) electrons. The van der Waals surface area contributed by atoms with E-state index in [0.29, 0.717) is 13.0 Å². The number of carbonyl (C=O) groups is 4. The van der Waals surface area contributed by atoms with Crippen LogP contribution in [0.2, 0.25) is 0 Å². The molecular formula is C62H101F3N4O20S. The Kier molecular flexibility index (Phi) is 27.9. The molecule has 4 saturated heterocycles. The molecule has 0 spiro atoms. The standard InChI is InChI=1S/C62H101F3N4O20S/c1-32(2)24-45(70)85-51-39(9)50(34(4)29-80-58-54(79-18)53(78-17)47(71)42(12)84-58)87-56(74)41(11)52(86-46-25-35(5)69(16)28-37(7)82-46)38(8)49(88-57-48(72)44(26-36(6)83-57)68-81-31-62(63,64)65)33(3)27-61(15,55(73)40(51)10)89-59(75)67-60(13,14)30-66-90(76,77)43-22-20-19-21-23-43/h19-23,32-42,46-54,57-58,66,71-72H,24-31H2,1-18H3,(H,67,75)/b68-44+/t33-,34?,35?,36+,37-,38+,39-,40+,41+,42+,46-,47+,48+,49-,50+,51+,52-,53+,54+,57-,58+,61-/m0/s1. The van der Waals surface area contributed by atoms with Crippen molar-refractivity contribution in [2.45, 2.75) is 244 Å². The van der Waals surface area contributed by atoms with E-state index in [4.69, 9.17) is 52.1 Å². The summed E-state index contributed by atoms with van der Waals surface area (Å²) in [7, 11) is 0.676. The zero-order valence-corrected chi connectivity index (χ0v) is 56.2. The number of nitrogens with zero attached hydrogens (tertiary/aromatic N) is 2. The van der Waals surface area contributed by atoms with Gasteiger partial charge in [0.15, 0.2) is 30.3 Å². The third-order valence-electron chi connectivity index (χ3n) is 17.3. The summed E-state index contributed by atoms with van der Waals surface area (Å²) < 4.78 is 139. The van der Waals surface area contributed by atoms with Gasteiger partial charge in [-0.1, -0.05) is 71.8 Å². The van der Waals surface area contributed by atoms with Crippen LogP contribution >= 0.6 is 0 Å². The van der Waals surface area contributed by atoms with E-state index >= 15 is 9.59 Å². The van der Waals surface area contributed by atoms with Gasteiger partial charge >= 0.3 is 24.2 Å². The number of halogens is 3. The molecule has 5 rings (SSSR count). The number of Topliss-reactive ketones (excluding diaryl/α,β-unsaturated/α-hetero) is 1. The Morgan fingerprint density at radius 3 is 2.10 bits per heavy atom. The van der Waals surface area contributed by atoms with E-state index in [1.807, 2.05) is 20.9 Å². The lowest BCUT2D eigenvalue weighted by Gasteiger charge is -2.45. The van der Waals surface area contributed by atoms with E-state index in [1.165, 1.54) is 54.0 Å². The molecule has 0 bridgehead atoms. The van der Waals surface area contributed by atoms with Crippen molar-refractivity contribution in [1.82, 2.24) is 14.9 Å². The number of alkyl carbamates (subject to hydrolysis) is 1. The zero-order chi connectivity index (χ0) is 67.5. The van der Waals surface area contributed by atoms with Crippen molar-refractivity contribution in [3.8, 4) is 0 Å². The number of likely N-dealkylation sites (N-methyl/N-ethyl adjacent to an activating group) is 1. The minimum Gasteiger partial charge on any atom is -0.461 e. The van der Waals surface area contributed by atoms with Gasteiger partial charge in [0.2, 0.25) is 16.6 Å². The Morgan fingerprint density at radius 1 is 0.844 bits per heavy atom. The zero-order valence-electron chi connectivity index (χ0n) is 55.4. The van der Waals surface area contributed by atoms with Crippen LogP contribution in [0.3, 0.4) is 0 Å². The van der Waals surface area contributed by atoms with E-state index in [9.17, 15) is 41.4 Å². The first-order chi connectivity index (χ1) is 41.8. The Bertz CT molecular complexity index is 2630. The number of esters is 2. The van der Waals surface area contributed by atoms with Gasteiger partial charge in [0.1, 0.15) is 36.6 Å². The number of oxime groups is 1. The van der Waals surface area contributed by atoms with Crippen LogP contribution in [-0.2, 0) is 81.3 Å². The second-order valence-electron chi connectivity index (χ2n) is 26.5.